The zero-order valence-corrected chi connectivity index (χ0v) is 17.3. The third-order valence-electron chi connectivity index (χ3n) is 7.75. The normalized spacial score (nSPS) is 37.2. The van der Waals surface area contributed by atoms with Gasteiger partial charge < -0.3 is 14.2 Å². The summed E-state index contributed by atoms with van der Waals surface area (Å²) in [4.78, 5) is 12.6. The highest BCUT2D eigenvalue weighted by Gasteiger charge is 2.64. The second-order valence-electron chi connectivity index (χ2n) is 9.28. The maximum atomic E-state index is 12.6. The van der Waals surface area contributed by atoms with Crippen LogP contribution in [0.15, 0.2) is 54.6 Å². The fraction of sp³-hybridized carbons (Fsp3) is 0.480. The number of benzene rings is 2. The van der Waals surface area contributed by atoms with Gasteiger partial charge in [-0.3, -0.25) is 0 Å². The van der Waals surface area contributed by atoms with E-state index < -0.39 is 0 Å². The van der Waals surface area contributed by atoms with E-state index in [4.69, 9.17) is 14.2 Å². The van der Waals surface area contributed by atoms with Gasteiger partial charge in [-0.15, -0.1) is 0 Å². The predicted molar refractivity (Wildman–Crippen MR) is 110 cm³/mol. The van der Waals surface area contributed by atoms with Gasteiger partial charge in [-0.25, -0.2) is 4.79 Å². The molecule has 1 aliphatic carbocycles. The molecule has 0 amide bonds. The number of fused-ring (bicyclic) bond motifs is 3. The van der Waals surface area contributed by atoms with Crippen LogP contribution < -0.4 is 4.74 Å². The topological polar surface area (TPSA) is 44.8 Å². The van der Waals surface area contributed by atoms with E-state index >= 15 is 0 Å². The molecule has 4 nitrogen and oxygen atoms in total. The quantitative estimate of drug-likeness (QED) is 0.686. The van der Waals surface area contributed by atoms with Crippen molar-refractivity contribution in [2.45, 2.75) is 38.9 Å². The number of esters is 1. The summed E-state index contributed by atoms with van der Waals surface area (Å²) in [6, 6.07) is 17.4. The van der Waals surface area contributed by atoms with Crippen LogP contribution in [0.2, 0.25) is 0 Å². The Kier molecular flexibility index (Phi) is 4.25. The van der Waals surface area contributed by atoms with Crippen LogP contribution in [-0.4, -0.2) is 24.8 Å². The van der Waals surface area contributed by atoms with Crippen molar-refractivity contribution in [1.29, 1.82) is 0 Å². The highest BCUT2D eigenvalue weighted by Crippen LogP contribution is 2.63. The molecule has 152 valence electrons. The predicted octanol–water partition coefficient (Wildman–Crippen LogP) is 5.04. The summed E-state index contributed by atoms with van der Waals surface area (Å²) < 4.78 is 18.9. The van der Waals surface area contributed by atoms with Crippen LogP contribution >= 0.6 is 0 Å². The van der Waals surface area contributed by atoms with Crippen molar-refractivity contribution in [1.82, 2.24) is 0 Å². The number of hydrogen-bond donors (Lipinski definition) is 0. The van der Waals surface area contributed by atoms with E-state index in [1.54, 1.807) is 12.1 Å². The SMILES string of the molecule is C[C@@H]1C[C@@]2(C)Oc3ccccc3[C@H]3OCC1(COC(=O)c1ccccc1)[C@@H](C)[C@H]32. The Morgan fingerprint density at radius 1 is 1.10 bits per heavy atom. The lowest BCUT2D eigenvalue weighted by Gasteiger charge is -2.63. The Labute approximate surface area is 172 Å². The summed E-state index contributed by atoms with van der Waals surface area (Å²) in [6.45, 7) is 7.75. The molecule has 2 aliphatic heterocycles. The highest BCUT2D eigenvalue weighted by atomic mass is 16.5. The monoisotopic (exact) mass is 392 g/mol. The molecule has 1 saturated heterocycles. The number of carbonyl (C=O) groups is 1. The van der Waals surface area contributed by atoms with Crippen LogP contribution in [0, 0.1) is 23.2 Å². The lowest BCUT2D eigenvalue weighted by atomic mass is 9.50. The molecule has 0 spiro atoms. The Balaban J connectivity index is 1.44. The third-order valence-corrected chi connectivity index (χ3v) is 7.75. The smallest absolute Gasteiger partial charge is 0.338 e. The van der Waals surface area contributed by atoms with E-state index in [1.165, 1.54) is 0 Å². The lowest BCUT2D eigenvalue weighted by Crippen LogP contribution is -2.66. The molecule has 0 N–H and O–H groups in total. The van der Waals surface area contributed by atoms with E-state index in [1.807, 2.05) is 36.4 Å². The molecular weight excluding hydrogens is 364 g/mol. The van der Waals surface area contributed by atoms with Crippen molar-refractivity contribution in [3.8, 4) is 5.75 Å². The molecule has 0 radical (unpaired) electrons. The van der Waals surface area contributed by atoms with Crippen LogP contribution in [0.5, 0.6) is 5.75 Å². The molecule has 2 aromatic carbocycles. The van der Waals surface area contributed by atoms with Gasteiger partial charge >= 0.3 is 5.97 Å². The summed E-state index contributed by atoms with van der Waals surface area (Å²) >= 11 is 0. The number of carbonyl (C=O) groups excluding carboxylic acids is 1. The minimum absolute atomic E-state index is 0.0328. The molecule has 2 heterocycles. The summed E-state index contributed by atoms with van der Waals surface area (Å²) in [7, 11) is 0. The molecule has 1 saturated carbocycles. The van der Waals surface area contributed by atoms with Crippen molar-refractivity contribution in [2.75, 3.05) is 13.2 Å². The summed E-state index contributed by atoms with van der Waals surface area (Å²) in [6.07, 6.45) is 0.962. The second-order valence-corrected chi connectivity index (χ2v) is 9.28. The fourth-order valence-corrected chi connectivity index (χ4v) is 6.11. The number of ether oxygens (including phenoxy) is 3. The standard InChI is InChI=1S/C25H28O4/c1-16-13-24(3)21-17(2)25(16,15-28-23(26)18-9-5-4-6-10-18)14-27-22(21)19-11-7-8-12-20(19)29-24/h4-12,16-17,21-22H,13-15H2,1-3H3/t16-,17+,21-,22-,24-,25?/m1/s1. The molecule has 4 heteroatoms. The summed E-state index contributed by atoms with van der Waals surface area (Å²) in [5.41, 5.74) is 1.27. The van der Waals surface area contributed by atoms with E-state index in [0.717, 1.165) is 17.7 Å². The minimum atomic E-state index is -0.273. The van der Waals surface area contributed by atoms with Gasteiger partial charge in [0.05, 0.1) is 24.9 Å². The molecule has 5 rings (SSSR count). The minimum Gasteiger partial charge on any atom is -0.487 e. The average molecular weight is 392 g/mol. The van der Waals surface area contributed by atoms with E-state index in [2.05, 4.69) is 26.8 Å². The Morgan fingerprint density at radius 2 is 1.83 bits per heavy atom. The first-order chi connectivity index (χ1) is 13.9. The maximum Gasteiger partial charge on any atom is 0.338 e. The third kappa shape index (κ3) is 2.72. The van der Waals surface area contributed by atoms with Gasteiger partial charge in [0, 0.05) is 16.9 Å². The average Bonchev–Trinajstić information content (AvgIpc) is 2.72. The first-order valence-corrected chi connectivity index (χ1v) is 10.6. The first-order valence-electron chi connectivity index (χ1n) is 10.6. The van der Waals surface area contributed by atoms with Gasteiger partial charge in [-0.1, -0.05) is 50.2 Å². The van der Waals surface area contributed by atoms with Crippen molar-refractivity contribution in [3.05, 3.63) is 65.7 Å². The number of hydrogen-bond acceptors (Lipinski definition) is 4. The van der Waals surface area contributed by atoms with E-state index in [-0.39, 0.29) is 29.0 Å². The maximum absolute atomic E-state index is 12.6. The largest absolute Gasteiger partial charge is 0.487 e. The highest BCUT2D eigenvalue weighted by molar-refractivity contribution is 5.89. The van der Waals surface area contributed by atoms with Gasteiger partial charge in [0.2, 0.25) is 0 Å². The van der Waals surface area contributed by atoms with Crippen LogP contribution in [0.1, 0.15) is 49.2 Å². The Bertz CT molecular complexity index is 925. The molecule has 2 fully saturated rings. The van der Waals surface area contributed by atoms with Crippen LogP contribution in [0.25, 0.3) is 0 Å². The second kappa shape index (κ2) is 6.60. The number of para-hydroxylation sites is 1. The summed E-state index contributed by atoms with van der Waals surface area (Å²) in [5.74, 6) is 1.54. The van der Waals surface area contributed by atoms with Crippen molar-refractivity contribution < 1.29 is 19.0 Å². The van der Waals surface area contributed by atoms with Gasteiger partial charge in [0.25, 0.3) is 0 Å². The molecular formula is C25H28O4. The Hall–Kier alpha value is -2.33. The lowest BCUT2D eigenvalue weighted by molar-refractivity contribution is -0.259. The molecule has 2 aromatic rings. The van der Waals surface area contributed by atoms with Crippen LogP contribution in [0.3, 0.4) is 0 Å². The van der Waals surface area contributed by atoms with Gasteiger partial charge in [-0.05, 0) is 43.4 Å². The Morgan fingerprint density at radius 3 is 2.62 bits per heavy atom. The van der Waals surface area contributed by atoms with Gasteiger partial charge in [0.1, 0.15) is 11.4 Å². The van der Waals surface area contributed by atoms with Crippen molar-refractivity contribution >= 4 is 5.97 Å². The molecule has 3 aliphatic rings. The van der Waals surface area contributed by atoms with Crippen molar-refractivity contribution in [2.24, 2.45) is 23.2 Å². The van der Waals surface area contributed by atoms with Crippen molar-refractivity contribution in [3.63, 3.8) is 0 Å². The first kappa shape index (κ1) is 18.7. The molecule has 1 unspecified atom stereocenters. The molecule has 6 atom stereocenters. The molecule has 2 bridgehead atoms. The zero-order chi connectivity index (χ0) is 20.2. The summed E-state index contributed by atoms with van der Waals surface area (Å²) in [5, 5.41) is 0. The van der Waals surface area contributed by atoms with Crippen LogP contribution in [0.4, 0.5) is 0 Å². The molecule has 29 heavy (non-hydrogen) atoms. The van der Waals surface area contributed by atoms with Gasteiger partial charge in [0.15, 0.2) is 0 Å². The molecule has 0 aromatic heterocycles. The number of rotatable bonds is 3. The van der Waals surface area contributed by atoms with Gasteiger partial charge in [-0.2, -0.15) is 0 Å². The van der Waals surface area contributed by atoms with Crippen LogP contribution in [-0.2, 0) is 9.47 Å². The van der Waals surface area contributed by atoms with E-state index in [9.17, 15) is 4.79 Å². The zero-order valence-electron chi connectivity index (χ0n) is 17.3. The van der Waals surface area contributed by atoms with E-state index in [0.29, 0.717) is 30.6 Å². The fourth-order valence-electron chi connectivity index (χ4n) is 6.11.